The number of carboxylic acid groups (broad SMARTS) is 1. The lowest BCUT2D eigenvalue weighted by molar-refractivity contribution is 0.0693. The Balaban J connectivity index is 2.46. The Hall–Kier alpha value is -1.85. The number of aliphatic hydroxyl groups excluding tert-OH is 1. The predicted octanol–water partition coefficient (Wildman–Crippen LogP) is 1.72. The van der Waals surface area contributed by atoms with Crippen LogP contribution < -0.4 is 0 Å². The van der Waals surface area contributed by atoms with Crippen LogP contribution in [0.2, 0.25) is 5.02 Å². The van der Waals surface area contributed by atoms with Gasteiger partial charge in [-0.2, -0.15) is 5.10 Å². The van der Waals surface area contributed by atoms with Crippen LogP contribution in [-0.2, 0) is 6.61 Å². The topological polar surface area (TPSA) is 75.3 Å². The summed E-state index contributed by atoms with van der Waals surface area (Å²) in [6, 6.07) is 6.78. The Morgan fingerprint density at radius 2 is 2.00 bits per heavy atom. The minimum Gasteiger partial charge on any atom is -0.478 e. The summed E-state index contributed by atoms with van der Waals surface area (Å²) in [5.74, 6) is -1.12. The number of nitrogens with zero attached hydrogens (tertiary/aromatic N) is 2. The first-order valence-corrected chi connectivity index (χ1v) is 5.18. The van der Waals surface area contributed by atoms with Gasteiger partial charge in [0.1, 0.15) is 11.3 Å². The summed E-state index contributed by atoms with van der Waals surface area (Å²) in [5, 5.41) is 22.5. The molecule has 0 saturated carbocycles. The zero-order valence-corrected chi connectivity index (χ0v) is 9.42. The van der Waals surface area contributed by atoms with E-state index in [1.807, 2.05) is 0 Å². The van der Waals surface area contributed by atoms with Gasteiger partial charge in [-0.25, -0.2) is 9.48 Å². The maximum Gasteiger partial charge on any atom is 0.339 e. The van der Waals surface area contributed by atoms with Gasteiger partial charge in [0, 0.05) is 11.2 Å². The third-order valence-electron chi connectivity index (χ3n) is 2.26. The van der Waals surface area contributed by atoms with E-state index < -0.39 is 12.6 Å². The third-order valence-corrected chi connectivity index (χ3v) is 2.51. The number of benzene rings is 1. The van der Waals surface area contributed by atoms with Gasteiger partial charge in [0.2, 0.25) is 0 Å². The largest absolute Gasteiger partial charge is 0.478 e. The van der Waals surface area contributed by atoms with Crippen molar-refractivity contribution in [2.45, 2.75) is 6.61 Å². The fourth-order valence-corrected chi connectivity index (χ4v) is 1.56. The van der Waals surface area contributed by atoms with E-state index in [-0.39, 0.29) is 11.3 Å². The molecule has 88 valence electrons. The summed E-state index contributed by atoms with van der Waals surface area (Å²) in [4.78, 5) is 10.9. The van der Waals surface area contributed by atoms with E-state index in [2.05, 4.69) is 5.10 Å². The van der Waals surface area contributed by atoms with Crippen LogP contribution in [0.3, 0.4) is 0 Å². The van der Waals surface area contributed by atoms with Crippen molar-refractivity contribution in [2.24, 2.45) is 0 Å². The summed E-state index contributed by atoms with van der Waals surface area (Å²) in [7, 11) is 0. The average molecular weight is 253 g/mol. The van der Waals surface area contributed by atoms with E-state index in [1.165, 1.54) is 10.9 Å². The molecule has 1 aromatic heterocycles. The number of aromatic nitrogens is 2. The SMILES string of the molecule is O=C(O)c1cn(-c2ccc(Cl)cc2)nc1CO. The van der Waals surface area contributed by atoms with E-state index in [0.717, 1.165) is 0 Å². The summed E-state index contributed by atoms with van der Waals surface area (Å²) >= 11 is 5.75. The monoisotopic (exact) mass is 252 g/mol. The Labute approximate surface area is 102 Å². The average Bonchev–Trinajstić information content (AvgIpc) is 2.74. The van der Waals surface area contributed by atoms with Crippen LogP contribution in [0.1, 0.15) is 16.1 Å². The van der Waals surface area contributed by atoms with Crippen LogP contribution in [0.4, 0.5) is 0 Å². The highest BCUT2D eigenvalue weighted by atomic mass is 35.5. The molecule has 0 aliphatic carbocycles. The van der Waals surface area contributed by atoms with E-state index >= 15 is 0 Å². The van der Waals surface area contributed by atoms with Crippen LogP contribution >= 0.6 is 11.6 Å². The van der Waals surface area contributed by atoms with Gasteiger partial charge in [-0.1, -0.05) is 11.6 Å². The van der Waals surface area contributed by atoms with E-state index in [4.69, 9.17) is 21.8 Å². The van der Waals surface area contributed by atoms with E-state index in [0.29, 0.717) is 10.7 Å². The molecule has 0 aliphatic rings. The molecule has 0 aliphatic heterocycles. The lowest BCUT2D eigenvalue weighted by Gasteiger charge is -2.00. The zero-order valence-electron chi connectivity index (χ0n) is 8.67. The number of aliphatic hydroxyl groups is 1. The van der Waals surface area contributed by atoms with Gasteiger partial charge in [-0.3, -0.25) is 0 Å². The number of carboxylic acids is 1. The maximum absolute atomic E-state index is 10.9. The van der Waals surface area contributed by atoms with Crippen molar-refractivity contribution in [1.82, 2.24) is 9.78 Å². The molecular formula is C11H9ClN2O3. The van der Waals surface area contributed by atoms with Crippen molar-refractivity contribution in [3.63, 3.8) is 0 Å². The summed E-state index contributed by atoms with van der Waals surface area (Å²) in [6.45, 7) is -0.414. The molecular weight excluding hydrogens is 244 g/mol. The van der Waals surface area contributed by atoms with Crippen LogP contribution in [0.15, 0.2) is 30.5 Å². The summed E-state index contributed by atoms with van der Waals surface area (Å²) in [6.07, 6.45) is 1.36. The number of rotatable bonds is 3. The molecule has 0 saturated heterocycles. The molecule has 0 atom stereocenters. The molecule has 0 unspecified atom stereocenters. The third kappa shape index (κ3) is 2.30. The molecule has 5 nitrogen and oxygen atoms in total. The van der Waals surface area contributed by atoms with Gasteiger partial charge in [-0.05, 0) is 24.3 Å². The number of hydrogen-bond acceptors (Lipinski definition) is 3. The number of carbonyl (C=O) groups is 1. The number of halogens is 1. The Kier molecular flexibility index (Phi) is 3.12. The standard InChI is InChI=1S/C11H9ClN2O3/c12-7-1-3-8(4-2-7)14-5-9(11(16)17)10(6-15)13-14/h1-5,15H,6H2,(H,16,17). The minimum absolute atomic E-state index is 0.0116. The predicted molar refractivity (Wildman–Crippen MR) is 61.5 cm³/mol. The number of hydrogen-bond donors (Lipinski definition) is 2. The molecule has 0 fully saturated rings. The first kappa shape index (κ1) is 11.6. The van der Waals surface area contributed by atoms with Crippen molar-refractivity contribution in [3.05, 3.63) is 46.7 Å². The van der Waals surface area contributed by atoms with Gasteiger partial charge < -0.3 is 10.2 Å². The molecule has 6 heteroatoms. The molecule has 2 aromatic rings. The lowest BCUT2D eigenvalue weighted by atomic mass is 10.2. The molecule has 0 bridgehead atoms. The molecule has 1 heterocycles. The number of aromatic carboxylic acids is 1. The Morgan fingerprint density at radius 3 is 2.47 bits per heavy atom. The summed E-state index contributed by atoms with van der Waals surface area (Å²) < 4.78 is 1.39. The quantitative estimate of drug-likeness (QED) is 0.872. The molecule has 2 rings (SSSR count). The zero-order chi connectivity index (χ0) is 12.4. The highest BCUT2D eigenvalue weighted by Gasteiger charge is 2.15. The lowest BCUT2D eigenvalue weighted by Crippen LogP contribution is -1.99. The van der Waals surface area contributed by atoms with Crippen molar-refractivity contribution < 1.29 is 15.0 Å². The van der Waals surface area contributed by atoms with Gasteiger partial charge in [-0.15, -0.1) is 0 Å². The van der Waals surface area contributed by atoms with E-state index in [9.17, 15) is 4.79 Å². The highest BCUT2D eigenvalue weighted by Crippen LogP contribution is 2.15. The second-order valence-corrected chi connectivity index (χ2v) is 3.81. The van der Waals surface area contributed by atoms with Gasteiger partial charge in [0.05, 0.1) is 12.3 Å². The molecule has 0 amide bonds. The smallest absolute Gasteiger partial charge is 0.339 e. The molecule has 0 spiro atoms. The second-order valence-electron chi connectivity index (χ2n) is 3.37. The Bertz CT molecular complexity index is 548. The van der Waals surface area contributed by atoms with Gasteiger partial charge >= 0.3 is 5.97 Å². The van der Waals surface area contributed by atoms with Crippen molar-refractivity contribution in [2.75, 3.05) is 0 Å². The van der Waals surface area contributed by atoms with Gasteiger partial charge in [0.15, 0.2) is 0 Å². The van der Waals surface area contributed by atoms with Crippen LogP contribution in [0.25, 0.3) is 5.69 Å². The second kappa shape index (κ2) is 4.57. The van der Waals surface area contributed by atoms with Crippen LogP contribution in [0, 0.1) is 0 Å². The van der Waals surface area contributed by atoms with Crippen molar-refractivity contribution >= 4 is 17.6 Å². The normalized spacial score (nSPS) is 10.5. The van der Waals surface area contributed by atoms with Crippen LogP contribution in [-0.4, -0.2) is 26.0 Å². The fourth-order valence-electron chi connectivity index (χ4n) is 1.43. The fraction of sp³-hybridized carbons (Fsp3) is 0.0909. The highest BCUT2D eigenvalue weighted by molar-refractivity contribution is 6.30. The Morgan fingerprint density at radius 1 is 1.35 bits per heavy atom. The van der Waals surface area contributed by atoms with Gasteiger partial charge in [0.25, 0.3) is 0 Å². The molecule has 17 heavy (non-hydrogen) atoms. The first-order chi connectivity index (χ1) is 8.11. The first-order valence-electron chi connectivity index (χ1n) is 4.80. The van der Waals surface area contributed by atoms with E-state index in [1.54, 1.807) is 24.3 Å². The van der Waals surface area contributed by atoms with Crippen LogP contribution in [0.5, 0.6) is 0 Å². The maximum atomic E-state index is 10.9. The molecule has 0 radical (unpaired) electrons. The molecule has 2 N–H and O–H groups in total. The van der Waals surface area contributed by atoms with Crippen molar-refractivity contribution in [3.8, 4) is 5.69 Å². The summed E-state index contributed by atoms with van der Waals surface area (Å²) in [5.41, 5.74) is 0.798. The molecule has 1 aromatic carbocycles. The van der Waals surface area contributed by atoms with Crippen molar-refractivity contribution in [1.29, 1.82) is 0 Å². The minimum atomic E-state index is -1.12.